The summed E-state index contributed by atoms with van der Waals surface area (Å²) in [7, 11) is -4.04. The number of hydrogen-bond acceptors (Lipinski definition) is 4. The Kier molecular flexibility index (Phi) is 9.62. The molecule has 0 aliphatic heterocycles. The second kappa shape index (κ2) is 13.5. The number of sulfonamides is 1. The lowest BCUT2D eigenvalue weighted by Gasteiger charge is -2.23. The number of phenols is 1. The molecule has 0 radical (unpaired) electrons. The van der Waals surface area contributed by atoms with Gasteiger partial charge < -0.3 is 10.2 Å². The smallest absolute Gasteiger partial charge is 0.339 e. The van der Waals surface area contributed by atoms with Crippen LogP contribution in [-0.4, -0.2) is 24.6 Å². The predicted molar refractivity (Wildman–Crippen MR) is 163 cm³/mol. The number of aromatic carboxylic acids is 1. The van der Waals surface area contributed by atoms with E-state index in [0.717, 1.165) is 46.2 Å². The summed E-state index contributed by atoms with van der Waals surface area (Å²) in [5.74, 6) is 4.50. The van der Waals surface area contributed by atoms with Crippen LogP contribution >= 0.6 is 0 Å². The third-order valence-electron chi connectivity index (χ3n) is 6.44. The van der Waals surface area contributed by atoms with Gasteiger partial charge in [-0.05, 0) is 78.1 Å². The van der Waals surface area contributed by atoms with Crippen LogP contribution in [0.25, 0.3) is 6.08 Å². The summed E-state index contributed by atoms with van der Waals surface area (Å²) >= 11 is 0. The first-order valence-electron chi connectivity index (χ1n) is 13.3. The van der Waals surface area contributed by atoms with E-state index in [0.29, 0.717) is 11.1 Å². The lowest BCUT2D eigenvalue weighted by atomic mass is 10.1. The van der Waals surface area contributed by atoms with E-state index in [1.54, 1.807) is 36.4 Å². The molecule has 41 heavy (non-hydrogen) atoms. The van der Waals surface area contributed by atoms with E-state index in [4.69, 9.17) is 0 Å². The maximum atomic E-state index is 13.5. The monoisotopic (exact) mass is 565 g/mol. The molecule has 4 aromatic carbocycles. The normalized spacial score (nSPS) is 11.1. The number of carboxylic acid groups (broad SMARTS) is 1. The van der Waals surface area contributed by atoms with Gasteiger partial charge in [-0.15, -0.1) is 0 Å². The summed E-state index contributed by atoms with van der Waals surface area (Å²) in [5.41, 5.74) is 4.09. The summed E-state index contributed by atoms with van der Waals surface area (Å²) in [6.07, 6.45) is 4.86. The Bertz CT molecular complexity index is 1680. The molecule has 6 nitrogen and oxygen atoms in total. The molecule has 0 amide bonds. The fourth-order valence-corrected chi connectivity index (χ4v) is 5.33. The average molecular weight is 566 g/mol. The maximum absolute atomic E-state index is 13.5. The summed E-state index contributed by atoms with van der Waals surface area (Å²) in [5, 5.41) is 20.5. The lowest BCUT2D eigenvalue weighted by molar-refractivity contribution is 0.0693. The van der Waals surface area contributed by atoms with E-state index < -0.39 is 27.3 Å². The van der Waals surface area contributed by atoms with Gasteiger partial charge in [0.05, 0.1) is 17.6 Å². The first-order chi connectivity index (χ1) is 19.7. The number of hydrogen-bond donors (Lipinski definition) is 2. The van der Waals surface area contributed by atoms with E-state index >= 15 is 0 Å². The second-order valence-electron chi connectivity index (χ2n) is 9.52. The Labute approximate surface area is 241 Å². The minimum Gasteiger partial charge on any atom is -0.507 e. The highest BCUT2D eigenvalue weighted by Crippen LogP contribution is 2.28. The minimum atomic E-state index is -4.04. The molecule has 7 heteroatoms. The van der Waals surface area contributed by atoms with Crippen molar-refractivity contribution in [3.63, 3.8) is 0 Å². The molecule has 208 valence electrons. The number of unbranched alkanes of at least 4 members (excludes halogenated alkanes) is 1. The highest BCUT2D eigenvalue weighted by molar-refractivity contribution is 7.95. The maximum Gasteiger partial charge on any atom is 0.339 e. The van der Waals surface area contributed by atoms with Gasteiger partial charge in [0.1, 0.15) is 11.3 Å². The van der Waals surface area contributed by atoms with Gasteiger partial charge in [-0.3, -0.25) is 4.31 Å². The summed E-state index contributed by atoms with van der Waals surface area (Å²) in [6, 6.07) is 28.2. The number of anilines is 1. The van der Waals surface area contributed by atoms with Gasteiger partial charge in [-0.25, -0.2) is 13.2 Å². The fraction of sp³-hybridized carbons (Fsp3) is 0.147. The third kappa shape index (κ3) is 8.10. The van der Waals surface area contributed by atoms with Crippen molar-refractivity contribution in [3.05, 3.63) is 136 Å². The third-order valence-corrected chi connectivity index (χ3v) is 7.88. The van der Waals surface area contributed by atoms with E-state index in [1.807, 2.05) is 30.3 Å². The number of rotatable bonds is 10. The molecule has 0 aliphatic rings. The molecule has 2 N–H and O–H groups in total. The van der Waals surface area contributed by atoms with Gasteiger partial charge >= 0.3 is 5.97 Å². The van der Waals surface area contributed by atoms with Crippen molar-refractivity contribution < 1.29 is 23.4 Å². The van der Waals surface area contributed by atoms with E-state index in [1.165, 1.54) is 23.8 Å². The Morgan fingerprint density at radius 3 is 2.05 bits per heavy atom. The molecule has 0 atom stereocenters. The van der Waals surface area contributed by atoms with Crippen LogP contribution in [0.3, 0.4) is 0 Å². The molecule has 4 aromatic rings. The number of aryl methyl sites for hydroxylation is 1. The van der Waals surface area contributed by atoms with Crippen LogP contribution in [0.15, 0.2) is 102 Å². The summed E-state index contributed by atoms with van der Waals surface area (Å²) < 4.78 is 28.1. The number of aromatic hydroxyl groups is 1. The van der Waals surface area contributed by atoms with Gasteiger partial charge in [-0.2, -0.15) is 0 Å². The minimum absolute atomic E-state index is 0.0573. The van der Waals surface area contributed by atoms with Crippen LogP contribution in [0.2, 0.25) is 0 Å². The number of carboxylic acids is 1. The van der Waals surface area contributed by atoms with Crippen molar-refractivity contribution >= 4 is 27.8 Å². The summed E-state index contributed by atoms with van der Waals surface area (Å²) in [6.45, 7) is 2.12. The highest BCUT2D eigenvalue weighted by atomic mass is 32.2. The standard InChI is InChI=1S/C34H31NO5S/c1-2-3-7-27-10-12-28(13-11-27)14-15-29-16-18-30(19-17-29)25-35(31-20-21-33(36)32(24-31)34(37)38)41(39,40)23-22-26-8-5-4-6-9-26/h4-6,8-13,16-24,36H,2-3,7,25H2,1H3,(H,37,38). The van der Waals surface area contributed by atoms with E-state index in [2.05, 4.69) is 30.9 Å². The zero-order valence-corrected chi connectivity index (χ0v) is 23.5. The van der Waals surface area contributed by atoms with Gasteiger partial charge in [-0.1, -0.05) is 79.8 Å². The SMILES string of the molecule is CCCCc1ccc(C#Cc2ccc(CN(c3ccc(O)c(C(=O)O)c3)S(=O)(=O)C=Cc3ccccc3)cc2)cc1. The molecule has 0 saturated carbocycles. The van der Waals surface area contributed by atoms with Gasteiger partial charge in [0, 0.05) is 11.1 Å². The van der Waals surface area contributed by atoms with Crippen molar-refractivity contribution in [1.29, 1.82) is 0 Å². The van der Waals surface area contributed by atoms with Gasteiger partial charge in [0.15, 0.2) is 0 Å². The highest BCUT2D eigenvalue weighted by Gasteiger charge is 2.23. The van der Waals surface area contributed by atoms with Crippen LogP contribution in [0.5, 0.6) is 5.75 Å². The number of benzene rings is 4. The Balaban J connectivity index is 1.59. The summed E-state index contributed by atoms with van der Waals surface area (Å²) in [4.78, 5) is 11.6. The van der Waals surface area contributed by atoms with E-state index in [9.17, 15) is 23.4 Å². The van der Waals surface area contributed by atoms with Crippen molar-refractivity contribution in [2.75, 3.05) is 4.31 Å². The Morgan fingerprint density at radius 1 is 0.854 bits per heavy atom. The molecule has 0 bridgehead atoms. The van der Waals surface area contributed by atoms with Crippen LogP contribution in [0.1, 0.15) is 57.9 Å². The zero-order chi connectivity index (χ0) is 29.2. The molecule has 0 aromatic heterocycles. The molecule has 0 spiro atoms. The van der Waals surface area contributed by atoms with E-state index in [-0.39, 0.29) is 12.2 Å². The lowest BCUT2D eigenvalue weighted by Crippen LogP contribution is -2.29. The number of nitrogens with zero attached hydrogens (tertiary/aromatic N) is 1. The molecule has 0 heterocycles. The fourth-order valence-electron chi connectivity index (χ4n) is 4.12. The average Bonchev–Trinajstić information content (AvgIpc) is 2.98. The van der Waals surface area contributed by atoms with Crippen molar-refractivity contribution in [2.45, 2.75) is 32.7 Å². The predicted octanol–water partition coefficient (Wildman–Crippen LogP) is 6.84. The molecule has 0 fully saturated rings. The van der Waals surface area contributed by atoms with Crippen molar-refractivity contribution in [2.24, 2.45) is 0 Å². The van der Waals surface area contributed by atoms with Gasteiger partial charge in [0.25, 0.3) is 10.0 Å². The van der Waals surface area contributed by atoms with Crippen LogP contribution < -0.4 is 4.31 Å². The molecule has 0 saturated heterocycles. The number of carbonyl (C=O) groups is 1. The second-order valence-corrected chi connectivity index (χ2v) is 11.3. The van der Waals surface area contributed by atoms with Crippen molar-refractivity contribution in [1.82, 2.24) is 0 Å². The molecular weight excluding hydrogens is 534 g/mol. The molecular formula is C34H31NO5S. The Hall–Kier alpha value is -4.80. The van der Waals surface area contributed by atoms with Crippen molar-refractivity contribution in [3.8, 4) is 17.6 Å². The van der Waals surface area contributed by atoms with Crippen LogP contribution in [0, 0.1) is 11.8 Å². The quantitative estimate of drug-likeness (QED) is 0.205. The van der Waals surface area contributed by atoms with Crippen LogP contribution in [0.4, 0.5) is 5.69 Å². The molecule has 0 aliphatic carbocycles. The Morgan fingerprint density at radius 2 is 1.46 bits per heavy atom. The molecule has 4 rings (SSSR count). The van der Waals surface area contributed by atoms with Crippen LogP contribution in [-0.2, 0) is 23.0 Å². The van der Waals surface area contributed by atoms with Gasteiger partial charge in [0.2, 0.25) is 0 Å². The first-order valence-corrected chi connectivity index (χ1v) is 14.8. The zero-order valence-electron chi connectivity index (χ0n) is 22.7. The first kappa shape index (κ1) is 29.2. The topological polar surface area (TPSA) is 94.9 Å². The molecule has 0 unspecified atom stereocenters. The largest absolute Gasteiger partial charge is 0.507 e.